The smallest absolute Gasteiger partial charge is 0.287 e. The molecule has 0 spiro atoms. The van der Waals surface area contributed by atoms with E-state index < -0.39 is 11.9 Å². The number of anilines is 1. The normalized spacial score (nSPS) is 12.0. The number of aromatic nitrogens is 2. The van der Waals surface area contributed by atoms with Gasteiger partial charge in [-0.2, -0.15) is 0 Å². The summed E-state index contributed by atoms with van der Waals surface area (Å²) in [7, 11) is 0. The zero-order chi connectivity index (χ0) is 19.4. The van der Waals surface area contributed by atoms with E-state index in [2.05, 4.69) is 20.8 Å². The number of amides is 2. The Bertz CT molecular complexity index is 917. The summed E-state index contributed by atoms with van der Waals surface area (Å²) in [4.78, 5) is 24.8. The van der Waals surface area contributed by atoms with Crippen LogP contribution in [0, 0.1) is 12.8 Å². The molecule has 3 rings (SSSR count). The summed E-state index contributed by atoms with van der Waals surface area (Å²) in [6, 6.07) is 10.3. The maximum atomic E-state index is 12.6. The molecule has 27 heavy (non-hydrogen) atoms. The van der Waals surface area contributed by atoms with Crippen molar-refractivity contribution in [3.05, 3.63) is 54.0 Å². The molecule has 0 radical (unpaired) electrons. The highest BCUT2D eigenvalue weighted by Crippen LogP contribution is 2.26. The first-order valence-electron chi connectivity index (χ1n) is 8.50. The first kappa shape index (κ1) is 18.8. The van der Waals surface area contributed by atoms with Gasteiger partial charge in [0, 0.05) is 5.56 Å². The number of nitrogens with zero attached hydrogens (tertiary/aromatic N) is 2. The number of hydrogen-bond acceptors (Lipinski definition) is 6. The number of carbonyl (C=O) groups excluding carboxylic acids is 2. The molecule has 0 aliphatic heterocycles. The van der Waals surface area contributed by atoms with Crippen LogP contribution in [0.3, 0.4) is 0 Å². The van der Waals surface area contributed by atoms with Gasteiger partial charge >= 0.3 is 0 Å². The van der Waals surface area contributed by atoms with E-state index in [9.17, 15) is 9.59 Å². The maximum absolute atomic E-state index is 12.6. The van der Waals surface area contributed by atoms with Crippen LogP contribution in [0.1, 0.15) is 30.0 Å². The number of benzene rings is 1. The molecule has 1 atom stereocenters. The summed E-state index contributed by atoms with van der Waals surface area (Å²) in [5.41, 5.74) is 2.09. The topological polar surface area (TPSA) is 97.1 Å². The summed E-state index contributed by atoms with van der Waals surface area (Å²) < 4.78 is 5.07. The molecule has 0 bridgehead atoms. The average molecular weight is 384 g/mol. The van der Waals surface area contributed by atoms with Gasteiger partial charge in [-0.3, -0.25) is 14.9 Å². The van der Waals surface area contributed by atoms with Crippen molar-refractivity contribution in [1.82, 2.24) is 15.5 Å². The monoisotopic (exact) mass is 384 g/mol. The minimum absolute atomic E-state index is 0.117. The molecule has 0 saturated heterocycles. The fourth-order valence-corrected chi connectivity index (χ4v) is 3.18. The highest BCUT2D eigenvalue weighted by atomic mass is 32.1. The number of rotatable bonds is 6. The van der Waals surface area contributed by atoms with Crippen molar-refractivity contribution in [2.45, 2.75) is 26.8 Å². The Labute approximate surface area is 160 Å². The number of nitrogens with one attached hydrogen (secondary N) is 2. The molecule has 0 aliphatic rings. The van der Waals surface area contributed by atoms with Gasteiger partial charge in [0.25, 0.3) is 5.91 Å². The molecule has 2 N–H and O–H groups in total. The quantitative estimate of drug-likeness (QED) is 0.678. The SMILES string of the molecule is Cc1ccc(-c2nnc(NC(=O)C(NC(=O)c3ccco3)C(C)C)s2)cc1. The molecule has 7 nitrogen and oxygen atoms in total. The molecule has 1 unspecified atom stereocenters. The van der Waals surface area contributed by atoms with E-state index in [0.29, 0.717) is 10.1 Å². The lowest BCUT2D eigenvalue weighted by Gasteiger charge is -2.20. The van der Waals surface area contributed by atoms with Crippen molar-refractivity contribution in [3.8, 4) is 10.6 Å². The Hall–Kier alpha value is -3.00. The third kappa shape index (κ3) is 4.59. The van der Waals surface area contributed by atoms with E-state index >= 15 is 0 Å². The highest BCUT2D eigenvalue weighted by molar-refractivity contribution is 7.18. The van der Waals surface area contributed by atoms with Gasteiger partial charge in [0.2, 0.25) is 11.0 Å². The van der Waals surface area contributed by atoms with Gasteiger partial charge in [-0.15, -0.1) is 10.2 Å². The molecular formula is C19H20N4O3S. The molecule has 8 heteroatoms. The van der Waals surface area contributed by atoms with E-state index in [0.717, 1.165) is 11.1 Å². The van der Waals surface area contributed by atoms with Crippen molar-refractivity contribution < 1.29 is 14.0 Å². The minimum Gasteiger partial charge on any atom is -0.459 e. The first-order chi connectivity index (χ1) is 12.9. The van der Waals surface area contributed by atoms with Gasteiger partial charge in [0.05, 0.1) is 6.26 Å². The fourth-order valence-electron chi connectivity index (χ4n) is 2.42. The van der Waals surface area contributed by atoms with Crippen molar-refractivity contribution in [1.29, 1.82) is 0 Å². The maximum Gasteiger partial charge on any atom is 0.287 e. The van der Waals surface area contributed by atoms with Gasteiger partial charge in [0.1, 0.15) is 11.0 Å². The summed E-state index contributed by atoms with van der Waals surface area (Å²) in [5.74, 6) is -0.748. The summed E-state index contributed by atoms with van der Waals surface area (Å²) >= 11 is 1.28. The van der Waals surface area contributed by atoms with Crippen LogP contribution in [-0.2, 0) is 4.79 Å². The summed E-state index contributed by atoms with van der Waals surface area (Å²) in [6.45, 7) is 5.72. The van der Waals surface area contributed by atoms with E-state index in [1.807, 2.05) is 45.0 Å². The number of furan rings is 1. The molecule has 2 amide bonds. The Morgan fingerprint density at radius 3 is 2.48 bits per heavy atom. The molecule has 0 aliphatic carbocycles. The van der Waals surface area contributed by atoms with Crippen LogP contribution in [0.5, 0.6) is 0 Å². The Morgan fingerprint density at radius 2 is 1.85 bits per heavy atom. The van der Waals surface area contributed by atoms with Crippen LogP contribution < -0.4 is 10.6 Å². The fraction of sp³-hybridized carbons (Fsp3) is 0.263. The van der Waals surface area contributed by atoms with Crippen LogP contribution in [0.15, 0.2) is 47.1 Å². The van der Waals surface area contributed by atoms with Crippen molar-refractivity contribution in [2.75, 3.05) is 5.32 Å². The second kappa shape index (κ2) is 8.13. The van der Waals surface area contributed by atoms with Crippen LogP contribution >= 0.6 is 11.3 Å². The van der Waals surface area contributed by atoms with Crippen LogP contribution in [0.25, 0.3) is 10.6 Å². The molecule has 2 aromatic heterocycles. The first-order valence-corrected chi connectivity index (χ1v) is 9.31. The molecular weight excluding hydrogens is 364 g/mol. The predicted octanol–water partition coefficient (Wildman–Crippen LogP) is 3.50. The largest absolute Gasteiger partial charge is 0.459 e. The lowest BCUT2D eigenvalue weighted by Crippen LogP contribution is -2.47. The number of aryl methyl sites for hydroxylation is 1. The Balaban J connectivity index is 1.69. The van der Waals surface area contributed by atoms with Gasteiger partial charge in [0.15, 0.2) is 5.76 Å². The molecule has 140 valence electrons. The van der Waals surface area contributed by atoms with E-state index in [1.165, 1.54) is 17.6 Å². The minimum atomic E-state index is -0.727. The van der Waals surface area contributed by atoms with Crippen molar-refractivity contribution in [2.24, 2.45) is 5.92 Å². The predicted molar refractivity (Wildman–Crippen MR) is 104 cm³/mol. The zero-order valence-electron chi connectivity index (χ0n) is 15.2. The van der Waals surface area contributed by atoms with E-state index in [-0.39, 0.29) is 17.6 Å². The molecule has 3 aromatic rings. The molecule has 2 heterocycles. The number of hydrogen-bond donors (Lipinski definition) is 2. The van der Waals surface area contributed by atoms with Crippen LogP contribution in [0.4, 0.5) is 5.13 Å². The standard InChI is InChI=1S/C19H20N4O3S/c1-11(2)15(20-16(24)14-5-4-10-26-14)17(25)21-19-23-22-18(27-19)13-8-6-12(3)7-9-13/h4-11,15H,1-3H3,(H,20,24)(H,21,23,25). The Kier molecular flexibility index (Phi) is 5.66. The average Bonchev–Trinajstić information content (AvgIpc) is 3.31. The van der Waals surface area contributed by atoms with Gasteiger partial charge < -0.3 is 9.73 Å². The highest BCUT2D eigenvalue weighted by Gasteiger charge is 2.26. The second-order valence-corrected chi connectivity index (χ2v) is 7.42. The van der Waals surface area contributed by atoms with Crippen LogP contribution in [-0.4, -0.2) is 28.1 Å². The van der Waals surface area contributed by atoms with Crippen molar-refractivity contribution in [3.63, 3.8) is 0 Å². The van der Waals surface area contributed by atoms with Gasteiger partial charge in [-0.25, -0.2) is 0 Å². The molecule has 0 saturated carbocycles. The summed E-state index contributed by atoms with van der Waals surface area (Å²) in [6.07, 6.45) is 1.41. The van der Waals surface area contributed by atoms with E-state index in [4.69, 9.17) is 4.42 Å². The second-order valence-electron chi connectivity index (χ2n) is 6.44. The van der Waals surface area contributed by atoms with Crippen molar-refractivity contribution >= 4 is 28.3 Å². The van der Waals surface area contributed by atoms with Gasteiger partial charge in [-0.1, -0.05) is 55.0 Å². The summed E-state index contributed by atoms with van der Waals surface area (Å²) in [5, 5.41) is 14.7. The van der Waals surface area contributed by atoms with Gasteiger partial charge in [-0.05, 0) is 25.0 Å². The zero-order valence-corrected chi connectivity index (χ0v) is 16.0. The lowest BCUT2D eigenvalue weighted by molar-refractivity contribution is -0.118. The third-order valence-corrected chi connectivity index (χ3v) is 4.82. The number of carbonyl (C=O) groups is 2. The Morgan fingerprint density at radius 1 is 1.11 bits per heavy atom. The molecule has 1 aromatic carbocycles. The molecule has 0 fully saturated rings. The third-order valence-electron chi connectivity index (χ3n) is 3.93. The lowest BCUT2D eigenvalue weighted by atomic mass is 10.0. The van der Waals surface area contributed by atoms with Crippen LogP contribution in [0.2, 0.25) is 0 Å². The van der Waals surface area contributed by atoms with E-state index in [1.54, 1.807) is 12.1 Å².